The molecule has 0 aromatic heterocycles. The van der Waals surface area contributed by atoms with Gasteiger partial charge in [0, 0.05) is 5.69 Å². The second-order valence-electron chi connectivity index (χ2n) is 5.02. The third-order valence-electron chi connectivity index (χ3n) is 3.48. The standard InChI is InChI=1S/C15H10N4O4S2/c16-6-8(11(17)20)14-19(7-4-2-1-3-5-7)13(22)10(24-14)9-12(21)18-15(23)25-9/h1-5,9-10H,(H2,17,20)(H,18,21,23)/b14-8-/t9-,10-/m0/s1. The number of primary amides is 1. The minimum atomic E-state index is -0.973. The van der Waals surface area contributed by atoms with Crippen molar-refractivity contribution in [2.24, 2.45) is 5.73 Å². The highest BCUT2D eigenvalue weighted by molar-refractivity contribution is 8.16. The smallest absolute Gasteiger partial charge is 0.286 e. The summed E-state index contributed by atoms with van der Waals surface area (Å²) in [6, 6.07) is 10.1. The highest BCUT2D eigenvalue weighted by Gasteiger charge is 2.50. The van der Waals surface area contributed by atoms with Gasteiger partial charge in [-0.3, -0.25) is 29.4 Å². The van der Waals surface area contributed by atoms with Crippen LogP contribution in [0.1, 0.15) is 0 Å². The Hall–Kier alpha value is -2.77. The normalized spacial score (nSPS) is 24.9. The molecular formula is C15H10N4O4S2. The molecule has 0 aliphatic carbocycles. The van der Waals surface area contributed by atoms with Gasteiger partial charge in [-0.15, -0.1) is 0 Å². The van der Waals surface area contributed by atoms with E-state index in [-0.39, 0.29) is 10.6 Å². The maximum absolute atomic E-state index is 12.9. The van der Waals surface area contributed by atoms with Crippen LogP contribution in [0.3, 0.4) is 0 Å². The van der Waals surface area contributed by atoms with Gasteiger partial charge in [-0.2, -0.15) is 5.26 Å². The lowest BCUT2D eigenvalue weighted by molar-refractivity contribution is -0.122. The van der Waals surface area contributed by atoms with Gasteiger partial charge in [-0.25, -0.2) is 0 Å². The van der Waals surface area contributed by atoms with E-state index in [0.717, 1.165) is 11.8 Å². The van der Waals surface area contributed by atoms with Crippen LogP contribution in [0.4, 0.5) is 10.5 Å². The topological polar surface area (TPSA) is 133 Å². The predicted octanol–water partition coefficient (Wildman–Crippen LogP) is 0.707. The molecule has 3 N–H and O–H groups in total. The van der Waals surface area contributed by atoms with E-state index in [4.69, 9.17) is 5.73 Å². The predicted molar refractivity (Wildman–Crippen MR) is 92.1 cm³/mol. The van der Waals surface area contributed by atoms with Crippen LogP contribution in [-0.2, 0) is 14.4 Å². The number of anilines is 1. The molecule has 0 unspecified atom stereocenters. The van der Waals surface area contributed by atoms with E-state index >= 15 is 0 Å². The number of rotatable bonds is 3. The third kappa shape index (κ3) is 2.99. The number of nitriles is 1. The number of para-hydroxylation sites is 1. The molecule has 2 aliphatic heterocycles. The van der Waals surface area contributed by atoms with E-state index < -0.39 is 33.5 Å². The second-order valence-corrected chi connectivity index (χ2v) is 7.26. The molecular weight excluding hydrogens is 364 g/mol. The number of carbonyl (C=O) groups is 4. The van der Waals surface area contributed by atoms with Crippen LogP contribution in [0.2, 0.25) is 0 Å². The van der Waals surface area contributed by atoms with Crippen molar-refractivity contribution in [1.82, 2.24) is 5.32 Å². The first-order valence-electron chi connectivity index (χ1n) is 6.95. The number of imide groups is 1. The van der Waals surface area contributed by atoms with Crippen LogP contribution in [0, 0.1) is 11.3 Å². The number of amides is 4. The van der Waals surface area contributed by atoms with E-state index in [1.54, 1.807) is 36.4 Å². The lowest BCUT2D eigenvalue weighted by Crippen LogP contribution is -2.38. The number of hydrogen-bond acceptors (Lipinski definition) is 7. The molecule has 2 heterocycles. The summed E-state index contributed by atoms with van der Waals surface area (Å²) >= 11 is 1.60. The minimum Gasteiger partial charge on any atom is -0.365 e. The SMILES string of the molecule is N#C/C(C(N)=O)=C1/S[C@@H]([C@@H]2SC(=O)NC2=O)C(=O)N1c1ccccc1. The Labute approximate surface area is 150 Å². The van der Waals surface area contributed by atoms with E-state index in [0.29, 0.717) is 17.4 Å². The maximum Gasteiger partial charge on any atom is 0.286 e. The summed E-state index contributed by atoms with van der Waals surface area (Å²) in [5.41, 5.74) is 5.31. The summed E-state index contributed by atoms with van der Waals surface area (Å²) in [7, 11) is 0. The lowest BCUT2D eigenvalue weighted by atomic mass is 10.2. The van der Waals surface area contributed by atoms with Gasteiger partial charge in [0.15, 0.2) is 0 Å². The minimum absolute atomic E-state index is 0.0592. The number of nitrogens with zero attached hydrogens (tertiary/aromatic N) is 2. The van der Waals surface area contributed by atoms with Crippen molar-refractivity contribution < 1.29 is 19.2 Å². The largest absolute Gasteiger partial charge is 0.365 e. The molecule has 1 aromatic rings. The van der Waals surface area contributed by atoms with Crippen molar-refractivity contribution in [1.29, 1.82) is 5.26 Å². The summed E-state index contributed by atoms with van der Waals surface area (Å²) in [4.78, 5) is 49.0. The molecule has 126 valence electrons. The van der Waals surface area contributed by atoms with E-state index in [2.05, 4.69) is 5.32 Å². The Kier molecular flexibility index (Phi) is 4.52. The number of thioether (sulfide) groups is 2. The Morgan fingerprint density at radius 2 is 1.84 bits per heavy atom. The Bertz CT molecular complexity index is 862. The fourth-order valence-corrected chi connectivity index (χ4v) is 4.80. The molecule has 0 spiro atoms. The summed E-state index contributed by atoms with van der Waals surface area (Å²) in [5.74, 6) is -2.05. The van der Waals surface area contributed by atoms with Crippen LogP contribution in [0.25, 0.3) is 0 Å². The van der Waals surface area contributed by atoms with Crippen LogP contribution in [0.5, 0.6) is 0 Å². The maximum atomic E-state index is 12.9. The van der Waals surface area contributed by atoms with Gasteiger partial charge in [0.05, 0.1) is 0 Å². The average Bonchev–Trinajstić information content (AvgIpc) is 3.08. The van der Waals surface area contributed by atoms with Gasteiger partial charge in [0.2, 0.25) is 11.8 Å². The highest BCUT2D eigenvalue weighted by atomic mass is 32.2. The van der Waals surface area contributed by atoms with Crippen molar-refractivity contribution >= 4 is 52.2 Å². The van der Waals surface area contributed by atoms with Crippen molar-refractivity contribution in [3.63, 3.8) is 0 Å². The monoisotopic (exact) mass is 374 g/mol. The van der Waals surface area contributed by atoms with Crippen LogP contribution in [0.15, 0.2) is 40.9 Å². The molecule has 2 aliphatic rings. The van der Waals surface area contributed by atoms with E-state index in [1.807, 2.05) is 0 Å². The van der Waals surface area contributed by atoms with Crippen LogP contribution in [-0.4, -0.2) is 33.5 Å². The summed E-state index contributed by atoms with van der Waals surface area (Å²) < 4.78 is 0. The quantitative estimate of drug-likeness (QED) is 0.588. The molecule has 10 heteroatoms. The number of carbonyl (C=O) groups excluding carboxylic acids is 4. The van der Waals surface area contributed by atoms with Gasteiger partial charge >= 0.3 is 0 Å². The van der Waals surface area contributed by atoms with E-state index in [9.17, 15) is 24.4 Å². The fourth-order valence-electron chi connectivity index (χ4n) is 2.41. The summed E-state index contributed by atoms with van der Waals surface area (Å²) in [6.45, 7) is 0. The highest BCUT2D eigenvalue weighted by Crippen LogP contribution is 2.45. The van der Waals surface area contributed by atoms with Crippen LogP contribution >= 0.6 is 23.5 Å². The zero-order valence-corrected chi connectivity index (χ0v) is 14.1. The molecule has 0 saturated carbocycles. The first-order valence-corrected chi connectivity index (χ1v) is 8.71. The van der Waals surface area contributed by atoms with Crippen molar-refractivity contribution in [3.8, 4) is 6.07 Å². The average molecular weight is 374 g/mol. The zero-order chi connectivity index (χ0) is 18.1. The van der Waals surface area contributed by atoms with Gasteiger partial charge in [-0.1, -0.05) is 30.0 Å². The number of hydrogen-bond donors (Lipinski definition) is 2. The fraction of sp³-hybridized carbons (Fsp3) is 0.133. The number of nitrogens with two attached hydrogens (primary N) is 1. The lowest BCUT2D eigenvalue weighted by Gasteiger charge is -2.18. The van der Waals surface area contributed by atoms with Gasteiger partial charge in [0.25, 0.3) is 11.1 Å². The Balaban J connectivity index is 2.09. The van der Waals surface area contributed by atoms with Gasteiger partial charge in [-0.05, 0) is 23.9 Å². The molecule has 8 nitrogen and oxygen atoms in total. The Morgan fingerprint density at radius 1 is 1.16 bits per heavy atom. The van der Waals surface area contributed by atoms with Gasteiger partial charge in [0.1, 0.15) is 27.2 Å². The summed E-state index contributed by atoms with van der Waals surface area (Å²) in [5, 5.41) is 9.01. The molecule has 0 bridgehead atoms. The zero-order valence-electron chi connectivity index (χ0n) is 12.5. The second kappa shape index (κ2) is 6.62. The van der Waals surface area contributed by atoms with Crippen molar-refractivity contribution in [2.75, 3.05) is 4.90 Å². The molecule has 2 atom stereocenters. The third-order valence-corrected chi connectivity index (χ3v) is 6.05. The molecule has 0 radical (unpaired) electrons. The molecule has 2 fully saturated rings. The van der Waals surface area contributed by atoms with Gasteiger partial charge < -0.3 is 5.73 Å². The number of benzene rings is 1. The Morgan fingerprint density at radius 3 is 2.36 bits per heavy atom. The molecule has 1 aromatic carbocycles. The molecule has 3 rings (SSSR count). The first kappa shape index (κ1) is 17.1. The summed E-state index contributed by atoms with van der Waals surface area (Å²) in [6.07, 6.45) is 0. The number of nitrogens with one attached hydrogen (secondary N) is 1. The van der Waals surface area contributed by atoms with Crippen molar-refractivity contribution in [3.05, 3.63) is 40.9 Å². The molecule has 2 saturated heterocycles. The first-order chi connectivity index (χ1) is 11.9. The molecule has 4 amide bonds. The van der Waals surface area contributed by atoms with E-state index in [1.165, 1.54) is 4.90 Å². The van der Waals surface area contributed by atoms with Crippen LogP contribution < -0.4 is 16.0 Å². The molecule has 25 heavy (non-hydrogen) atoms. The van der Waals surface area contributed by atoms with Crippen molar-refractivity contribution in [2.45, 2.75) is 10.5 Å².